The fourth-order valence-corrected chi connectivity index (χ4v) is 4.37. The summed E-state index contributed by atoms with van der Waals surface area (Å²) in [4.78, 5) is 24.7. The van der Waals surface area contributed by atoms with E-state index in [9.17, 15) is 9.59 Å². The molecule has 0 amide bonds. The minimum Gasteiger partial charge on any atom is -0.468 e. The van der Waals surface area contributed by atoms with Crippen LogP contribution in [0, 0.1) is 5.41 Å². The summed E-state index contributed by atoms with van der Waals surface area (Å²) in [5.41, 5.74) is 2.25. The van der Waals surface area contributed by atoms with E-state index in [-0.39, 0.29) is 5.04 Å². The second-order valence-corrected chi connectivity index (χ2v) is 13.7. The monoisotopic (exact) mass is 380 g/mol. The van der Waals surface area contributed by atoms with Crippen molar-refractivity contribution in [3.63, 3.8) is 0 Å². The molecule has 2 aliphatic carbocycles. The third-order valence-corrected chi connectivity index (χ3v) is 10.6. The van der Waals surface area contributed by atoms with Crippen molar-refractivity contribution in [3.05, 3.63) is 22.8 Å². The van der Waals surface area contributed by atoms with Crippen LogP contribution in [0.2, 0.25) is 18.1 Å². The van der Waals surface area contributed by atoms with Crippen LogP contribution in [0.3, 0.4) is 0 Å². The Labute approximate surface area is 157 Å². The molecular formula is C20H32O5Si. The molecule has 0 aromatic carbocycles. The van der Waals surface area contributed by atoms with Crippen molar-refractivity contribution in [3.8, 4) is 0 Å². The van der Waals surface area contributed by atoms with Crippen molar-refractivity contribution in [1.29, 1.82) is 0 Å². The Kier molecular flexibility index (Phi) is 5.88. The summed E-state index contributed by atoms with van der Waals surface area (Å²) >= 11 is 0. The first-order chi connectivity index (χ1) is 12.0. The minimum atomic E-state index is -1.80. The standard InChI is InChI=1S/C20H32O5Si/c1-19(2,3)26(6,7)25-13-14-8-9-15-11-20(17(21)23-4,18(22)24-5)12-16(15)10-14/h10H,8-9,11-13H2,1-7H3. The van der Waals surface area contributed by atoms with Crippen LogP contribution in [0.25, 0.3) is 0 Å². The lowest BCUT2D eigenvalue weighted by Gasteiger charge is -2.36. The van der Waals surface area contributed by atoms with Gasteiger partial charge in [0.05, 0.1) is 20.8 Å². The molecule has 0 saturated heterocycles. The highest BCUT2D eigenvalue weighted by Gasteiger charge is 2.53. The van der Waals surface area contributed by atoms with Gasteiger partial charge in [-0.05, 0) is 55.0 Å². The zero-order valence-corrected chi connectivity index (χ0v) is 18.2. The summed E-state index contributed by atoms with van der Waals surface area (Å²) in [7, 11) is 0.833. The van der Waals surface area contributed by atoms with E-state index in [4.69, 9.17) is 13.9 Å². The second kappa shape index (κ2) is 7.31. The maximum absolute atomic E-state index is 12.3. The molecule has 0 aromatic heterocycles. The van der Waals surface area contributed by atoms with Crippen LogP contribution in [0.15, 0.2) is 22.8 Å². The molecule has 0 radical (unpaired) electrons. The van der Waals surface area contributed by atoms with Crippen LogP contribution >= 0.6 is 0 Å². The predicted octanol–water partition coefficient (Wildman–Crippen LogP) is 4.15. The molecule has 146 valence electrons. The van der Waals surface area contributed by atoms with Crippen molar-refractivity contribution in [2.24, 2.45) is 5.41 Å². The van der Waals surface area contributed by atoms with Gasteiger partial charge >= 0.3 is 11.9 Å². The van der Waals surface area contributed by atoms with Gasteiger partial charge in [0, 0.05) is 0 Å². The molecule has 0 aliphatic heterocycles. The quantitative estimate of drug-likeness (QED) is 0.407. The van der Waals surface area contributed by atoms with E-state index in [0.29, 0.717) is 19.4 Å². The Morgan fingerprint density at radius 1 is 1.08 bits per heavy atom. The third kappa shape index (κ3) is 3.81. The first kappa shape index (κ1) is 20.9. The fraction of sp³-hybridized carbons (Fsp3) is 0.700. The normalized spacial score (nSPS) is 19.7. The number of rotatable bonds is 5. The molecular weight excluding hydrogens is 348 g/mol. The van der Waals surface area contributed by atoms with E-state index < -0.39 is 25.7 Å². The highest BCUT2D eigenvalue weighted by atomic mass is 28.4. The maximum Gasteiger partial charge on any atom is 0.323 e. The lowest BCUT2D eigenvalue weighted by Crippen LogP contribution is -2.41. The Morgan fingerprint density at radius 3 is 2.15 bits per heavy atom. The minimum absolute atomic E-state index is 0.172. The smallest absolute Gasteiger partial charge is 0.323 e. The molecule has 0 bridgehead atoms. The Bertz CT molecular complexity index is 636. The molecule has 0 heterocycles. The number of esters is 2. The van der Waals surface area contributed by atoms with Crippen LogP contribution in [0.4, 0.5) is 0 Å². The summed E-state index contributed by atoms with van der Waals surface area (Å²) in [5.74, 6) is -1.02. The Balaban J connectivity index is 2.15. The van der Waals surface area contributed by atoms with E-state index in [1.54, 1.807) is 0 Å². The van der Waals surface area contributed by atoms with Gasteiger partial charge in [-0.2, -0.15) is 0 Å². The van der Waals surface area contributed by atoms with Gasteiger partial charge in [0.1, 0.15) is 0 Å². The van der Waals surface area contributed by atoms with Gasteiger partial charge in [0.25, 0.3) is 0 Å². The first-order valence-corrected chi connectivity index (χ1v) is 12.1. The number of ether oxygens (including phenoxy) is 2. The Morgan fingerprint density at radius 2 is 1.65 bits per heavy atom. The van der Waals surface area contributed by atoms with Crippen molar-refractivity contribution < 1.29 is 23.5 Å². The van der Waals surface area contributed by atoms with E-state index >= 15 is 0 Å². The van der Waals surface area contributed by atoms with Crippen LogP contribution in [0.5, 0.6) is 0 Å². The van der Waals surface area contributed by atoms with Gasteiger partial charge in [-0.3, -0.25) is 9.59 Å². The zero-order chi connectivity index (χ0) is 19.8. The summed E-state index contributed by atoms with van der Waals surface area (Å²) in [5, 5.41) is 0.172. The number of carbonyl (C=O) groups excluding carboxylic acids is 2. The van der Waals surface area contributed by atoms with Crippen LogP contribution in [-0.4, -0.2) is 41.1 Å². The first-order valence-electron chi connectivity index (χ1n) is 9.18. The van der Waals surface area contributed by atoms with Crippen LogP contribution < -0.4 is 0 Å². The molecule has 0 N–H and O–H groups in total. The van der Waals surface area contributed by atoms with Gasteiger partial charge < -0.3 is 13.9 Å². The molecule has 0 unspecified atom stereocenters. The molecule has 26 heavy (non-hydrogen) atoms. The van der Waals surface area contributed by atoms with Gasteiger partial charge in [-0.1, -0.05) is 32.4 Å². The molecule has 5 nitrogen and oxygen atoms in total. The molecule has 0 spiro atoms. The average Bonchev–Trinajstić information content (AvgIpc) is 2.97. The van der Waals surface area contributed by atoms with E-state index in [0.717, 1.165) is 24.0 Å². The number of allylic oxidation sites excluding steroid dienone is 3. The molecule has 0 fully saturated rings. The van der Waals surface area contributed by atoms with E-state index in [1.165, 1.54) is 19.8 Å². The van der Waals surface area contributed by atoms with Crippen molar-refractivity contribution in [2.75, 3.05) is 20.8 Å². The topological polar surface area (TPSA) is 61.8 Å². The van der Waals surface area contributed by atoms with Gasteiger partial charge in [-0.25, -0.2) is 0 Å². The third-order valence-electron chi connectivity index (χ3n) is 6.16. The molecule has 0 aromatic rings. The number of hydrogen-bond acceptors (Lipinski definition) is 5. The largest absolute Gasteiger partial charge is 0.468 e. The van der Waals surface area contributed by atoms with E-state index in [2.05, 4.69) is 39.9 Å². The summed E-state index contributed by atoms with van der Waals surface area (Å²) < 4.78 is 16.2. The fourth-order valence-electron chi connectivity index (χ4n) is 3.39. The molecule has 0 saturated carbocycles. The summed E-state index contributed by atoms with van der Waals surface area (Å²) in [6.07, 6.45) is 4.64. The SMILES string of the molecule is COC(=O)C1(C(=O)OC)CC2=C(CCC(CO[Si](C)(C)C(C)(C)C)=C2)C1. The zero-order valence-electron chi connectivity index (χ0n) is 17.2. The molecule has 2 rings (SSSR count). The number of hydrogen-bond donors (Lipinski definition) is 0. The van der Waals surface area contributed by atoms with Crippen molar-refractivity contribution >= 4 is 20.3 Å². The van der Waals surface area contributed by atoms with Gasteiger partial charge in [0.15, 0.2) is 13.7 Å². The highest BCUT2D eigenvalue weighted by molar-refractivity contribution is 6.74. The number of carbonyl (C=O) groups is 2. The average molecular weight is 381 g/mol. The van der Waals surface area contributed by atoms with Crippen molar-refractivity contribution in [1.82, 2.24) is 0 Å². The lowest BCUT2D eigenvalue weighted by atomic mass is 9.83. The van der Waals surface area contributed by atoms with Gasteiger partial charge in [0.2, 0.25) is 0 Å². The van der Waals surface area contributed by atoms with Crippen LogP contribution in [0.1, 0.15) is 46.5 Å². The lowest BCUT2D eigenvalue weighted by molar-refractivity contribution is -0.168. The summed E-state index contributed by atoms with van der Waals surface area (Å²) in [6, 6.07) is 0. The molecule has 2 aliphatic rings. The highest BCUT2D eigenvalue weighted by Crippen LogP contribution is 2.48. The predicted molar refractivity (Wildman–Crippen MR) is 103 cm³/mol. The van der Waals surface area contributed by atoms with Gasteiger partial charge in [-0.15, -0.1) is 0 Å². The Hall–Kier alpha value is -1.40. The number of methoxy groups -OCH3 is 2. The summed E-state index contributed by atoms with van der Waals surface area (Å²) in [6.45, 7) is 11.8. The molecule has 0 atom stereocenters. The molecule has 6 heteroatoms. The maximum atomic E-state index is 12.3. The van der Waals surface area contributed by atoms with Crippen molar-refractivity contribution in [2.45, 2.75) is 64.6 Å². The second-order valence-electron chi connectivity index (χ2n) is 8.90. The van der Waals surface area contributed by atoms with E-state index in [1.807, 2.05) is 0 Å². The van der Waals surface area contributed by atoms with Crippen LogP contribution in [-0.2, 0) is 23.5 Å².